The summed E-state index contributed by atoms with van der Waals surface area (Å²) in [4.78, 5) is 29.9. The maximum absolute atomic E-state index is 12.1. The molecule has 0 bridgehead atoms. The molecule has 1 saturated heterocycles. The van der Waals surface area contributed by atoms with E-state index in [0.29, 0.717) is 12.2 Å². The van der Waals surface area contributed by atoms with Crippen molar-refractivity contribution in [2.75, 3.05) is 18.1 Å². The molecule has 0 radical (unpaired) electrons. The van der Waals surface area contributed by atoms with Crippen molar-refractivity contribution >= 4 is 17.5 Å². The fraction of sp³-hybridized carbons (Fsp3) is 0.316. The van der Waals surface area contributed by atoms with Gasteiger partial charge in [0.1, 0.15) is 5.75 Å². The molecule has 0 unspecified atom stereocenters. The average Bonchev–Trinajstić information content (AvgIpc) is 3.07. The van der Waals surface area contributed by atoms with Crippen molar-refractivity contribution in [1.29, 1.82) is 0 Å². The highest BCUT2D eigenvalue weighted by molar-refractivity contribution is 5.95. The Hall–Kier alpha value is -2.89. The SMILES string of the molecule is C[C@H](NC(=O)COc1cccc(N2CCCC2=O)c1)c1ccccn1. The Morgan fingerprint density at radius 2 is 2.20 bits per heavy atom. The summed E-state index contributed by atoms with van der Waals surface area (Å²) in [6.07, 6.45) is 3.15. The van der Waals surface area contributed by atoms with Crippen LogP contribution in [0.5, 0.6) is 5.75 Å². The molecule has 25 heavy (non-hydrogen) atoms. The van der Waals surface area contributed by atoms with Crippen molar-refractivity contribution in [3.8, 4) is 5.75 Å². The number of carbonyl (C=O) groups is 2. The highest BCUT2D eigenvalue weighted by Crippen LogP contribution is 2.25. The zero-order valence-corrected chi connectivity index (χ0v) is 14.1. The molecule has 0 saturated carbocycles. The highest BCUT2D eigenvalue weighted by atomic mass is 16.5. The summed E-state index contributed by atoms with van der Waals surface area (Å²) >= 11 is 0. The van der Waals surface area contributed by atoms with Gasteiger partial charge in [-0.2, -0.15) is 0 Å². The van der Waals surface area contributed by atoms with E-state index in [9.17, 15) is 9.59 Å². The number of hydrogen-bond donors (Lipinski definition) is 1. The molecule has 1 N–H and O–H groups in total. The minimum Gasteiger partial charge on any atom is -0.484 e. The van der Waals surface area contributed by atoms with Crippen LogP contribution in [0.4, 0.5) is 5.69 Å². The number of nitrogens with zero attached hydrogens (tertiary/aromatic N) is 2. The molecule has 2 amide bonds. The number of amides is 2. The molecule has 0 spiro atoms. The van der Waals surface area contributed by atoms with Crippen LogP contribution in [0, 0.1) is 0 Å². The van der Waals surface area contributed by atoms with Crippen LogP contribution in [0.1, 0.15) is 31.5 Å². The predicted octanol–water partition coefficient (Wildman–Crippen LogP) is 2.46. The zero-order chi connectivity index (χ0) is 17.6. The molecule has 2 heterocycles. The second kappa shape index (κ2) is 7.79. The lowest BCUT2D eigenvalue weighted by Gasteiger charge is -2.17. The molecule has 1 aliphatic rings. The molecular weight excluding hydrogens is 318 g/mol. The third-order valence-corrected chi connectivity index (χ3v) is 4.08. The van der Waals surface area contributed by atoms with Gasteiger partial charge in [0.2, 0.25) is 5.91 Å². The summed E-state index contributed by atoms with van der Waals surface area (Å²) in [6.45, 7) is 2.51. The van der Waals surface area contributed by atoms with Crippen molar-refractivity contribution in [2.45, 2.75) is 25.8 Å². The number of rotatable bonds is 6. The first-order chi connectivity index (χ1) is 12.1. The molecule has 1 aliphatic heterocycles. The average molecular weight is 339 g/mol. The highest BCUT2D eigenvalue weighted by Gasteiger charge is 2.21. The van der Waals surface area contributed by atoms with Crippen LogP contribution in [-0.2, 0) is 9.59 Å². The molecule has 0 aliphatic carbocycles. The van der Waals surface area contributed by atoms with Crippen molar-refractivity contribution in [3.63, 3.8) is 0 Å². The van der Waals surface area contributed by atoms with Gasteiger partial charge in [0, 0.05) is 30.9 Å². The normalized spacial score (nSPS) is 15.1. The number of pyridine rings is 1. The summed E-state index contributed by atoms with van der Waals surface area (Å²) in [6, 6.07) is 12.7. The lowest BCUT2D eigenvalue weighted by molar-refractivity contribution is -0.123. The van der Waals surface area contributed by atoms with Crippen LogP contribution in [0.25, 0.3) is 0 Å². The lowest BCUT2D eigenvalue weighted by atomic mass is 10.2. The van der Waals surface area contributed by atoms with E-state index in [-0.39, 0.29) is 24.5 Å². The fourth-order valence-corrected chi connectivity index (χ4v) is 2.80. The maximum Gasteiger partial charge on any atom is 0.258 e. The first-order valence-electron chi connectivity index (χ1n) is 8.37. The van der Waals surface area contributed by atoms with E-state index in [0.717, 1.165) is 24.3 Å². The Bertz CT molecular complexity index is 749. The van der Waals surface area contributed by atoms with E-state index < -0.39 is 0 Å². The fourth-order valence-electron chi connectivity index (χ4n) is 2.80. The van der Waals surface area contributed by atoms with Gasteiger partial charge in [0.05, 0.1) is 11.7 Å². The Labute approximate surface area is 146 Å². The van der Waals surface area contributed by atoms with E-state index in [1.165, 1.54) is 0 Å². The summed E-state index contributed by atoms with van der Waals surface area (Å²) in [5.41, 5.74) is 1.60. The molecule has 3 rings (SSSR count). The van der Waals surface area contributed by atoms with E-state index in [2.05, 4.69) is 10.3 Å². The number of nitrogens with one attached hydrogen (secondary N) is 1. The molecule has 1 atom stereocenters. The second-order valence-electron chi connectivity index (χ2n) is 5.98. The van der Waals surface area contributed by atoms with E-state index in [1.807, 2.05) is 37.3 Å². The molecule has 6 nitrogen and oxygen atoms in total. The van der Waals surface area contributed by atoms with E-state index in [1.54, 1.807) is 23.2 Å². The topological polar surface area (TPSA) is 71.5 Å². The lowest BCUT2D eigenvalue weighted by Crippen LogP contribution is -2.31. The van der Waals surface area contributed by atoms with Crippen LogP contribution < -0.4 is 15.0 Å². The number of aromatic nitrogens is 1. The predicted molar refractivity (Wildman–Crippen MR) is 94.3 cm³/mol. The Morgan fingerprint density at radius 3 is 2.92 bits per heavy atom. The van der Waals surface area contributed by atoms with Gasteiger partial charge in [-0.3, -0.25) is 14.6 Å². The van der Waals surface area contributed by atoms with Crippen molar-refractivity contribution in [3.05, 3.63) is 54.4 Å². The van der Waals surface area contributed by atoms with Gasteiger partial charge in [-0.15, -0.1) is 0 Å². The molecule has 1 aromatic heterocycles. The number of anilines is 1. The minimum absolute atomic E-state index is 0.0887. The third-order valence-electron chi connectivity index (χ3n) is 4.08. The molecule has 6 heteroatoms. The summed E-state index contributed by atoms with van der Waals surface area (Å²) in [5, 5.41) is 2.85. The van der Waals surface area contributed by atoms with Crippen LogP contribution in [0.2, 0.25) is 0 Å². The monoisotopic (exact) mass is 339 g/mol. The largest absolute Gasteiger partial charge is 0.484 e. The van der Waals surface area contributed by atoms with Crippen LogP contribution >= 0.6 is 0 Å². The van der Waals surface area contributed by atoms with E-state index >= 15 is 0 Å². The number of carbonyl (C=O) groups excluding carboxylic acids is 2. The van der Waals surface area contributed by atoms with Crippen LogP contribution in [0.3, 0.4) is 0 Å². The van der Waals surface area contributed by atoms with E-state index in [4.69, 9.17) is 4.74 Å². The molecule has 2 aromatic rings. The molecule has 1 aromatic carbocycles. The van der Waals surface area contributed by atoms with Crippen LogP contribution in [-0.4, -0.2) is 29.9 Å². The van der Waals surface area contributed by atoms with Gasteiger partial charge in [-0.1, -0.05) is 12.1 Å². The molecule has 130 valence electrons. The third kappa shape index (κ3) is 4.35. The first-order valence-corrected chi connectivity index (χ1v) is 8.37. The van der Waals surface area contributed by atoms with Crippen LogP contribution in [0.15, 0.2) is 48.7 Å². The van der Waals surface area contributed by atoms with Crippen molar-refractivity contribution < 1.29 is 14.3 Å². The first kappa shape index (κ1) is 17.0. The maximum atomic E-state index is 12.1. The smallest absolute Gasteiger partial charge is 0.258 e. The number of benzene rings is 1. The van der Waals surface area contributed by atoms with Gasteiger partial charge >= 0.3 is 0 Å². The summed E-state index contributed by atoms with van der Waals surface area (Å²) in [5.74, 6) is 0.470. The molecular formula is C19H21N3O3. The summed E-state index contributed by atoms with van der Waals surface area (Å²) < 4.78 is 5.57. The van der Waals surface area contributed by atoms with Gasteiger partial charge in [0.15, 0.2) is 6.61 Å². The number of ether oxygens (including phenoxy) is 1. The van der Waals surface area contributed by atoms with Gasteiger partial charge in [0.25, 0.3) is 5.91 Å². The quantitative estimate of drug-likeness (QED) is 0.877. The second-order valence-corrected chi connectivity index (χ2v) is 5.98. The number of hydrogen-bond acceptors (Lipinski definition) is 4. The Morgan fingerprint density at radius 1 is 1.32 bits per heavy atom. The van der Waals surface area contributed by atoms with Gasteiger partial charge < -0.3 is 15.0 Å². The summed E-state index contributed by atoms with van der Waals surface area (Å²) in [7, 11) is 0. The molecule has 1 fully saturated rings. The van der Waals surface area contributed by atoms with Crippen molar-refractivity contribution in [2.24, 2.45) is 0 Å². The Kier molecular flexibility index (Phi) is 5.28. The zero-order valence-electron chi connectivity index (χ0n) is 14.1. The van der Waals surface area contributed by atoms with Gasteiger partial charge in [-0.25, -0.2) is 0 Å². The Balaban J connectivity index is 1.54. The van der Waals surface area contributed by atoms with Gasteiger partial charge in [-0.05, 0) is 37.6 Å². The standard InChI is InChI=1S/C19H21N3O3/c1-14(17-8-2-3-10-20-17)21-18(23)13-25-16-7-4-6-15(12-16)22-11-5-9-19(22)24/h2-4,6-8,10,12,14H,5,9,11,13H2,1H3,(H,21,23)/t14-/m0/s1. The minimum atomic E-state index is -0.221. The van der Waals surface area contributed by atoms with Crippen molar-refractivity contribution in [1.82, 2.24) is 10.3 Å².